The SMILES string of the molecule is CCC(CC)C(C)(C)[Si](OC)(C(C)(C)C(CC)CC)C(C)(C)C(CC)CC. The van der Waals surface area contributed by atoms with Crippen LogP contribution in [0.25, 0.3) is 0 Å². The zero-order chi connectivity index (χ0) is 21.7. The van der Waals surface area contributed by atoms with Crippen LogP contribution in [0.3, 0.4) is 0 Å². The highest BCUT2D eigenvalue weighted by molar-refractivity contribution is 6.82. The molecule has 1 nitrogen and oxygen atoms in total. The molecule has 0 aliphatic carbocycles. The Balaban J connectivity index is 7.07. The van der Waals surface area contributed by atoms with Gasteiger partial charge in [0, 0.05) is 7.11 Å². The van der Waals surface area contributed by atoms with Crippen molar-refractivity contribution in [2.75, 3.05) is 7.11 Å². The van der Waals surface area contributed by atoms with Crippen LogP contribution in [-0.2, 0) is 4.43 Å². The lowest BCUT2D eigenvalue weighted by Gasteiger charge is -2.65. The lowest BCUT2D eigenvalue weighted by molar-refractivity contribution is 0.179. The molecule has 0 aliphatic rings. The Kier molecular flexibility index (Phi) is 10.3. The van der Waals surface area contributed by atoms with Crippen molar-refractivity contribution in [3.63, 3.8) is 0 Å². The van der Waals surface area contributed by atoms with E-state index in [4.69, 9.17) is 4.43 Å². The first-order chi connectivity index (χ1) is 12.4. The van der Waals surface area contributed by atoms with Gasteiger partial charge in [0.05, 0.1) is 0 Å². The highest BCUT2D eigenvalue weighted by Crippen LogP contribution is 2.71. The van der Waals surface area contributed by atoms with Crippen LogP contribution >= 0.6 is 0 Å². The van der Waals surface area contributed by atoms with Gasteiger partial charge in [0.2, 0.25) is 8.32 Å². The van der Waals surface area contributed by atoms with Crippen LogP contribution in [0.1, 0.15) is 122 Å². The van der Waals surface area contributed by atoms with Crippen molar-refractivity contribution in [3.05, 3.63) is 0 Å². The Bertz CT molecular complexity index is 352. The third-order valence-electron chi connectivity index (χ3n) is 9.05. The molecule has 27 heavy (non-hydrogen) atoms. The summed E-state index contributed by atoms with van der Waals surface area (Å²) >= 11 is 0. The second-order valence-electron chi connectivity index (χ2n) is 10.6. The van der Waals surface area contributed by atoms with Crippen molar-refractivity contribution in [2.45, 2.75) is 137 Å². The Morgan fingerprint density at radius 1 is 0.519 bits per heavy atom. The number of hydrogen-bond donors (Lipinski definition) is 0. The van der Waals surface area contributed by atoms with Gasteiger partial charge < -0.3 is 4.43 Å². The molecule has 0 heterocycles. The normalized spacial score (nSPS) is 14.7. The van der Waals surface area contributed by atoms with E-state index >= 15 is 0 Å². The van der Waals surface area contributed by atoms with Crippen LogP contribution in [0, 0.1) is 17.8 Å². The van der Waals surface area contributed by atoms with Gasteiger partial charge in [-0.15, -0.1) is 0 Å². The summed E-state index contributed by atoms with van der Waals surface area (Å²) in [5.41, 5.74) is 0. The van der Waals surface area contributed by atoms with Crippen molar-refractivity contribution >= 4 is 8.32 Å². The topological polar surface area (TPSA) is 9.23 Å². The molecular formula is C25H54OSi. The van der Waals surface area contributed by atoms with Crippen molar-refractivity contribution in [1.82, 2.24) is 0 Å². The predicted octanol–water partition coefficient (Wildman–Crippen LogP) is 9.23. The number of rotatable bonds is 13. The summed E-state index contributed by atoms with van der Waals surface area (Å²) in [5, 5.41) is 0.677. The second kappa shape index (κ2) is 10.3. The molecule has 0 fully saturated rings. The van der Waals surface area contributed by atoms with Gasteiger partial charge in [0.25, 0.3) is 0 Å². The van der Waals surface area contributed by atoms with Gasteiger partial charge in [-0.25, -0.2) is 0 Å². The molecule has 0 aromatic heterocycles. The monoisotopic (exact) mass is 398 g/mol. The Morgan fingerprint density at radius 3 is 0.815 bits per heavy atom. The van der Waals surface area contributed by atoms with E-state index in [-0.39, 0.29) is 15.1 Å². The summed E-state index contributed by atoms with van der Waals surface area (Å²) < 4.78 is 7.03. The van der Waals surface area contributed by atoms with Crippen molar-refractivity contribution < 1.29 is 4.43 Å². The van der Waals surface area contributed by atoms with Crippen LogP contribution in [0.4, 0.5) is 0 Å². The fourth-order valence-electron chi connectivity index (χ4n) is 8.07. The molecule has 0 atom stereocenters. The van der Waals surface area contributed by atoms with Crippen LogP contribution in [-0.4, -0.2) is 15.4 Å². The van der Waals surface area contributed by atoms with E-state index in [2.05, 4.69) is 90.2 Å². The Labute approximate surface area is 174 Å². The number of hydrogen-bond acceptors (Lipinski definition) is 1. The third kappa shape index (κ3) is 4.23. The lowest BCUT2D eigenvalue weighted by atomic mass is 9.87. The molecule has 0 aromatic carbocycles. The molecule has 0 unspecified atom stereocenters. The fraction of sp³-hybridized carbons (Fsp3) is 1.00. The van der Waals surface area contributed by atoms with Gasteiger partial charge in [-0.2, -0.15) is 0 Å². The average molecular weight is 399 g/mol. The van der Waals surface area contributed by atoms with Crippen molar-refractivity contribution in [1.29, 1.82) is 0 Å². The van der Waals surface area contributed by atoms with Gasteiger partial charge in [0.1, 0.15) is 0 Å². The third-order valence-corrected chi connectivity index (χ3v) is 16.3. The van der Waals surface area contributed by atoms with Gasteiger partial charge in [0.15, 0.2) is 0 Å². The second-order valence-corrected chi connectivity index (χ2v) is 16.2. The molecule has 0 rings (SSSR count). The van der Waals surface area contributed by atoms with Gasteiger partial charge in [-0.1, -0.05) is 122 Å². The van der Waals surface area contributed by atoms with Gasteiger partial charge in [-0.3, -0.25) is 0 Å². The van der Waals surface area contributed by atoms with Crippen LogP contribution in [0.2, 0.25) is 15.1 Å². The first kappa shape index (κ1) is 27.2. The average Bonchev–Trinajstić information content (AvgIpc) is 2.57. The van der Waals surface area contributed by atoms with Crippen molar-refractivity contribution in [2.24, 2.45) is 17.8 Å². The maximum Gasteiger partial charge on any atom is 0.209 e. The standard InChI is InChI=1S/C25H54OSi/c1-14-20(15-2)23(7,8)27(26-13,24(9,10)21(16-3)17-4)25(11,12)22(18-5)19-6/h20-22H,14-19H2,1-13H3. The highest BCUT2D eigenvalue weighted by Gasteiger charge is 2.69. The van der Waals surface area contributed by atoms with E-state index in [1.807, 2.05) is 0 Å². The van der Waals surface area contributed by atoms with E-state index in [0.29, 0.717) is 17.8 Å². The molecule has 0 radical (unpaired) electrons. The molecular weight excluding hydrogens is 344 g/mol. The molecule has 0 saturated heterocycles. The maximum atomic E-state index is 7.03. The maximum absolute atomic E-state index is 7.03. The van der Waals surface area contributed by atoms with E-state index in [1.165, 1.54) is 38.5 Å². The van der Waals surface area contributed by atoms with Crippen molar-refractivity contribution in [3.8, 4) is 0 Å². The quantitative estimate of drug-likeness (QED) is 0.281. The summed E-state index contributed by atoms with van der Waals surface area (Å²) in [6, 6.07) is 0. The van der Waals surface area contributed by atoms with Gasteiger partial charge in [-0.05, 0) is 32.9 Å². The first-order valence-electron chi connectivity index (χ1n) is 11.9. The Hall–Kier alpha value is 0.177. The summed E-state index contributed by atoms with van der Waals surface area (Å²) in [4.78, 5) is 0. The molecule has 0 aliphatic heterocycles. The van der Waals surface area contributed by atoms with E-state index in [1.54, 1.807) is 0 Å². The minimum Gasteiger partial charge on any atom is -0.418 e. The molecule has 0 bridgehead atoms. The van der Waals surface area contributed by atoms with Crippen LogP contribution in [0.5, 0.6) is 0 Å². The summed E-state index contributed by atoms with van der Waals surface area (Å²) in [5.74, 6) is 2.14. The van der Waals surface area contributed by atoms with E-state index < -0.39 is 8.32 Å². The minimum absolute atomic E-state index is 0.226. The van der Waals surface area contributed by atoms with Crippen LogP contribution < -0.4 is 0 Å². The first-order valence-corrected chi connectivity index (χ1v) is 13.8. The Morgan fingerprint density at radius 2 is 0.704 bits per heavy atom. The van der Waals surface area contributed by atoms with Crippen LogP contribution in [0.15, 0.2) is 0 Å². The molecule has 0 amide bonds. The highest BCUT2D eigenvalue weighted by atomic mass is 28.4. The minimum atomic E-state index is -2.27. The fourth-order valence-corrected chi connectivity index (χ4v) is 17.6. The van der Waals surface area contributed by atoms with Gasteiger partial charge >= 0.3 is 0 Å². The molecule has 0 saturated carbocycles. The molecule has 2 heteroatoms. The smallest absolute Gasteiger partial charge is 0.209 e. The molecule has 0 aromatic rings. The summed E-state index contributed by atoms with van der Waals surface area (Å²) in [6.45, 7) is 29.8. The predicted molar refractivity (Wildman–Crippen MR) is 127 cm³/mol. The zero-order valence-electron chi connectivity index (χ0n) is 21.4. The summed E-state index contributed by atoms with van der Waals surface area (Å²) in [6.07, 6.45) is 7.50. The zero-order valence-corrected chi connectivity index (χ0v) is 22.4. The molecule has 0 N–H and O–H groups in total. The largest absolute Gasteiger partial charge is 0.418 e. The molecule has 0 spiro atoms. The van der Waals surface area contributed by atoms with E-state index in [0.717, 1.165) is 0 Å². The van der Waals surface area contributed by atoms with E-state index in [9.17, 15) is 0 Å². The molecule has 164 valence electrons. The summed E-state index contributed by atoms with van der Waals surface area (Å²) in [7, 11) is -0.193. The lowest BCUT2D eigenvalue weighted by Crippen LogP contribution is -2.67.